The van der Waals surface area contributed by atoms with Crippen LogP contribution in [0.3, 0.4) is 0 Å². The summed E-state index contributed by atoms with van der Waals surface area (Å²) in [6, 6.07) is 10.1. The normalized spacial score (nSPS) is 10.4. The molecule has 6 heteroatoms. The first-order valence-corrected chi connectivity index (χ1v) is 6.51. The molecule has 110 valence electrons. The zero-order valence-corrected chi connectivity index (χ0v) is 12.2. The molecule has 6 nitrogen and oxygen atoms in total. The van der Waals surface area contributed by atoms with Gasteiger partial charge in [-0.1, -0.05) is 6.07 Å². The van der Waals surface area contributed by atoms with Gasteiger partial charge in [0.1, 0.15) is 0 Å². The van der Waals surface area contributed by atoms with E-state index >= 15 is 0 Å². The quantitative estimate of drug-likeness (QED) is 0.628. The lowest BCUT2D eigenvalue weighted by molar-refractivity contribution is 0.103. The first-order valence-electron chi connectivity index (χ1n) is 6.51. The topological polar surface area (TPSA) is 79.0 Å². The smallest absolute Gasteiger partial charge is 0.211 e. The molecule has 0 spiro atoms. The van der Waals surface area contributed by atoms with Crippen LogP contribution in [0.15, 0.2) is 53.6 Å². The highest BCUT2D eigenvalue weighted by Gasteiger charge is 2.11. The summed E-state index contributed by atoms with van der Waals surface area (Å²) in [6.45, 7) is 0. The van der Waals surface area contributed by atoms with Gasteiger partial charge in [0.15, 0.2) is 5.69 Å². The highest BCUT2D eigenvalue weighted by atomic mass is 16.1. The number of hydrogen-bond acceptors (Lipinski definition) is 5. The number of hydrogen-bond donors (Lipinski definition) is 0. The maximum absolute atomic E-state index is 12.0. The molecule has 0 fully saturated rings. The number of carbonyl (C=O) groups excluding carboxylic acids is 1. The number of nitriles is 1. The Bertz CT molecular complexity index is 829. The molecule has 2 rings (SSSR count). The Morgan fingerprint density at radius 2 is 2.14 bits per heavy atom. The SMILES string of the molecule is CN(C)C=CC(=O)c1nn(-c2cccc(C#N)c2)ccc1=O. The Kier molecular flexibility index (Phi) is 4.49. The molecule has 0 bridgehead atoms. The average molecular weight is 294 g/mol. The average Bonchev–Trinajstić information content (AvgIpc) is 2.53. The van der Waals surface area contributed by atoms with E-state index in [4.69, 9.17) is 5.26 Å². The van der Waals surface area contributed by atoms with Gasteiger partial charge < -0.3 is 4.90 Å². The van der Waals surface area contributed by atoms with Crippen LogP contribution in [0.2, 0.25) is 0 Å². The summed E-state index contributed by atoms with van der Waals surface area (Å²) in [6.07, 6.45) is 4.31. The predicted octanol–water partition coefficient (Wildman–Crippen LogP) is 1.36. The molecule has 0 unspecified atom stereocenters. The van der Waals surface area contributed by atoms with E-state index < -0.39 is 11.2 Å². The van der Waals surface area contributed by atoms with Crippen LogP contribution in [0.25, 0.3) is 5.69 Å². The van der Waals surface area contributed by atoms with Crippen LogP contribution >= 0.6 is 0 Å². The van der Waals surface area contributed by atoms with Gasteiger partial charge in [0.05, 0.1) is 17.3 Å². The third kappa shape index (κ3) is 3.46. The molecule has 0 aliphatic heterocycles. The van der Waals surface area contributed by atoms with E-state index in [1.165, 1.54) is 23.0 Å². The Balaban J connectivity index is 2.44. The van der Waals surface area contributed by atoms with Gasteiger partial charge in [-0.2, -0.15) is 10.4 Å². The molecule has 0 aliphatic carbocycles. The first kappa shape index (κ1) is 15.2. The van der Waals surface area contributed by atoms with E-state index in [0.717, 1.165) is 0 Å². The van der Waals surface area contributed by atoms with Crippen LogP contribution in [-0.2, 0) is 0 Å². The predicted molar refractivity (Wildman–Crippen MR) is 81.7 cm³/mol. The fraction of sp³-hybridized carbons (Fsp3) is 0.125. The zero-order chi connectivity index (χ0) is 16.1. The highest BCUT2D eigenvalue weighted by molar-refractivity contribution is 6.02. The molecule has 0 amide bonds. The molecule has 0 aliphatic rings. The summed E-state index contributed by atoms with van der Waals surface area (Å²) in [5, 5.41) is 13.0. The fourth-order valence-electron chi connectivity index (χ4n) is 1.74. The van der Waals surface area contributed by atoms with Gasteiger partial charge in [-0.15, -0.1) is 0 Å². The fourth-order valence-corrected chi connectivity index (χ4v) is 1.74. The summed E-state index contributed by atoms with van der Waals surface area (Å²) in [5.41, 5.74) is 0.465. The number of benzene rings is 1. The number of aromatic nitrogens is 2. The van der Waals surface area contributed by atoms with E-state index in [1.807, 2.05) is 6.07 Å². The zero-order valence-electron chi connectivity index (χ0n) is 12.2. The van der Waals surface area contributed by atoms with Gasteiger partial charge in [0.2, 0.25) is 11.2 Å². The minimum atomic E-state index is -0.468. The minimum Gasteiger partial charge on any atom is -0.383 e. The van der Waals surface area contributed by atoms with Crippen LogP contribution in [0.1, 0.15) is 16.1 Å². The molecule has 0 N–H and O–H groups in total. The molecule has 1 aromatic carbocycles. The van der Waals surface area contributed by atoms with Crippen LogP contribution in [0.4, 0.5) is 0 Å². The maximum atomic E-state index is 12.0. The lowest BCUT2D eigenvalue weighted by Gasteiger charge is -2.07. The summed E-state index contributed by atoms with van der Waals surface area (Å²) in [7, 11) is 3.54. The molecule has 0 saturated carbocycles. The molecular formula is C16H14N4O2. The number of nitrogens with zero attached hydrogens (tertiary/aromatic N) is 4. The molecule has 0 radical (unpaired) electrons. The van der Waals surface area contributed by atoms with Crippen molar-refractivity contribution in [1.29, 1.82) is 5.26 Å². The monoisotopic (exact) mass is 294 g/mol. The largest absolute Gasteiger partial charge is 0.383 e. The Morgan fingerprint density at radius 1 is 1.36 bits per heavy atom. The molecule has 2 aromatic rings. The Hall–Kier alpha value is -3.20. The summed E-state index contributed by atoms with van der Waals surface area (Å²) >= 11 is 0. The van der Waals surface area contributed by atoms with Gasteiger partial charge >= 0.3 is 0 Å². The van der Waals surface area contributed by atoms with Gasteiger partial charge in [0.25, 0.3) is 0 Å². The van der Waals surface area contributed by atoms with Crippen molar-refractivity contribution in [1.82, 2.24) is 14.7 Å². The summed E-state index contributed by atoms with van der Waals surface area (Å²) in [4.78, 5) is 25.5. The Labute approximate surface area is 127 Å². The maximum Gasteiger partial charge on any atom is 0.211 e. The van der Waals surface area contributed by atoms with E-state index in [0.29, 0.717) is 11.3 Å². The molecule has 0 saturated heterocycles. The van der Waals surface area contributed by atoms with Crippen LogP contribution in [0, 0.1) is 11.3 Å². The van der Waals surface area contributed by atoms with Gasteiger partial charge in [-0.25, -0.2) is 4.68 Å². The van der Waals surface area contributed by atoms with Crippen molar-refractivity contribution in [2.24, 2.45) is 0 Å². The third-order valence-corrected chi connectivity index (χ3v) is 2.81. The molecule has 1 aromatic heterocycles. The lowest BCUT2D eigenvalue weighted by Crippen LogP contribution is -2.20. The van der Waals surface area contributed by atoms with Crippen LogP contribution in [-0.4, -0.2) is 34.6 Å². The second-order valence-corrected chi connectivity index (χ2v) is 4.78. The van der Waals surface area contributed by atoms with Crippen LogP contribution < -0.4 is 5.43 Å². The number of rotatable bonds is 4. The molecule has 1 heterocycles. The molecular weight excluding hydrogens is 280 g/mol. The number of carbonyl (C=O) groups is 1. The molecule has 22 heavy (non-hydrogen) atoms. The van der Waals surface area contributed by atoms with Crippen molar-refractivity contribution in [3.05, 3.63) is 70.3 Å². The van der Waals surface area contributed by atoms with Crippen molar-refractivity contribution >= 4 is 5.78 Å². The lowest BCUT2D eigenvalue weighted by atomic mass is 10.2. The van der Waals surface area contributed by atoms with Crippen molar-refractivity contribution < 1.29 is 4.79 Å². The van der Waals surface area contributed by atoms with E-state index in [9.17, 15) is 9.59 Å². The van der Waals surface area contributed by atoms with Crippen molar-refractivity contribution in [3.63, 3.8) is 0 Å². The van der Waals surface area contributed by atoms with Crippen LogP contribution in [0.5, 0.6) is 0 Å². The van der Waals surface area contributed by atoms with E-state index in [1.54, 1.807) is 49.5 Å². The Morgan fingerprint density at radius 3 is 2.82 bits per heavy atom. The second kappa shape index (κ2) is 6.50. The van der Waals surface area contributed by atoms with E-state index in [-0.39, 0.29) is 5.69 Å². The van der Waals surface area contributed by atoms with Crippen molar-refractivity contribution in [2.75, 3.05) is 14.1 Å². The second-order valence-electron chi connectivity index (χ2n) is 4.78. The van der Waals surface area contributed by atoms with Gasteiger partial charge in [-0.05, 0) is 18.2 Å². The third-order valence-electron chi connectivity index (χ3n) is 2.81. The highest BCUT2D eigenvalue weighted by Crippen LogP contribution is 2.08. The van der Waals surface area contributed by atoms with Crippen molar-refractivity contribution in [3.8, 4) is 11.8 Å². The first-order chi connectivity index (χ1) is 10.5. The molecule has 0 atom stereocenters. The number of allylic oxidation sites excluding steroid dienone is 1. The van der Waals surface area contributed by atoms with E-state index in [2.05, 4.69) is 5.10 Å². The van der Waals surface area contributed by atoms with Gasteiger partial charge in [0, 0.05) is 38.6 Å². The standard InChI is InChI=1S/C16H14N4O2/c1-19(2)8-6-14(21)16-15(22)7-9-20(18-16)13-5-3-4-12(10-13)11-17/h3-10H,1-2H3. The van der Waals surface area contributed by atoms with Gasteiger partial charge in [-0.3, -0.25) is 9.59 Å². The summed E-state index contributed by atoms with van der Waals surface area (Å²) < 4.78 is 1.40. The summed E-state index contributed by atoms with van der Waals surface area (Å²) in [5.74, 6) is -0.468. The number of ketones is 1. The van der Waals surface area contributed by atoms with Crippen molar-refractivity contribution in [2.45, 2.75) is 0 Å². The minimum absolute atomic E-state index is 0.164.